The van der Waals surface area contributed by atoms with Crippen molar-refractivity contribution in [2.24, 2.45) is 5.92 Å². The summed E-state index contributed by atoms with van der Waals surface area (Å²) in [6.45, 7) is 0.418. The number of hydrogen-bond donors (Lipinski definition) is 1. The minimum Gasteiger partial charge on any atom is -0.495 e. The predicted octanol–water partition coefficient (Wildman–Crippen LogP) is 3.08. The second-order valence-corrected chi connectivity index (χ2v) is 7.03. The third-order valence-corrected chi connectivity index (χ3v) is 5.19. The fraction of sp³-hybridized carbons (Fsp3) is 0.300. The number of benzene rings is 2. The van der Waals surface area contributed by atoms with Gasteiger partial charge in [-0.25, -0.2) is 0 Å². The lowest BCUT2D eigenvalue weighted by atomic mass is 10.1. The molecule has 2 aromatic rings. The van der Waals surface area contributed by atoms with Crippen LogP contribution in [0.15, 0.2) is 30.3 Å². The molecule has 2 aliphatic rings. The number of carbonyl (C=O) groups is 2. The van der Waals surface area contributed by atoms with Crippen LogP contribution in [0.5, 0.6) is 23.0 Å². The first-order chi connectivity index (χ1) is 14.0. The van der Waals surface area contributed by atoms with E-state index in [1.807, 2.05) is 0 Å². The van der Waals surface area contributed by atoms with Crippen LogP contribution in [0.2, 0.25) is 5.02 Å². The van der Waals surface area contributed by atoms with E-state index < -0.39 is 5.92 Å². The zero-order valence-corrected chi connectivity index (χ0v) is 16.6. The Labute approximate surface area is 172 Å². The molecule has 1 N–H and O–H groups in total. The monoisotopic (exact) mass is 418 g/mol. The van der Waals surface area contributed by atoms with Crippen molar-refractivity contribution in [2.75, 3.05) is 37.8 Å². The molecule has 4 rings (SSSR count). The molecule has 2 aliphatic heterocycles. The van der Waals surface area contributed by atoms with Crippen LogP contribution in [-0.2, 0) is 9.59 Å². The summed E-state index contributed by atoms with van der Waals surface area (Å²) in [6, 6.07) is 8.43. The number of rotatable bonds is 5. The highest BCUT2D eigenvalue weighted by Gasteiger charge is 2.36. The summed E-state index contributed by atoms with van der Waals surface area (Å²) in [5, 5.41) is 3.18. The van der Waals surface area contributed by atoms with Gasteiger partial charge in [0.15, 0.2) is 11.5 Å². The van der Waals surface area contributed by atoms with Crippen molar-refractivity contribution in [3.63, 3.8) is 0 Å². The Bertz CT molecular complexity index is 980. The van der Waals surface area contributed by atoms with Gasteiger partial charge in [0.2, 0.25) is 18.6 Å². The third kappa shape index (κ3) is 3.63. The van der Waals surface area contributed by atoms with Crippen LogP contribution < -0.4 is 29.2 Å². The Kier molecular flexibility index (Phi) is 5.10. The number of halogens is 1. The van der Waals surface area contributed by atoms with E-state index in [2.05, 4.69) is 5.32 Å². The van der Waals surface area contributed by atoms with Crippen LogP contribution in [0, 0.1) is 5.92 Å². The van der Waals surface area contributed by atoms with Gasteiger partial charge in [0.05, 0.1) is 30.8 Å². The maximum atomic E-state index is 12.8. The molecule has 1 fully saturated rings. The van der Waals surface area contributed by atoms with E-state index in [-0.39, 0.29) is 31.6 Å². The van der Waals surface area contributed by atoms with E-state index >= 15 is 0 Å². The molecule has 152 valence electrons. The number of hydrogen-bond acceptors (Lipinski definition) is 6. The number of methoxy groups -OCH3 is 2. The molecule has 0 radical (unpaired) electrons. The summed E-state index contributed by atoms with van der Waals surface area (Å²) in [7, 11) is 2.96. The molecule has 0 aromatic heterocycles. The van der Waals surface area contributed by atoms with E-state index in [0.717, 1.165) is 0 Å². The van der Waals surface area contributed by atoms with E-state index in [4.69, 9.17) is 30.5 Å². The molecule has 2 aromatic carbocycles. The van der Waals surface area contributed by atoms with Crippen molar-refractivity contribution in [2.45, 2.75) is 6.42 Å². The molecule has 2 amide bonds. The highest BCUT2D eigenvalue weighted by Crippen LogP contribution is 2.38. The van der Waals surface area contributed by atoms with Crippen molar-refractivity contribution in [3.05, 3.63) is 35.4 Å². The van der Waals surface area contributed by atoms with Crippen LogP contribution in [0.25, 0.3) is 0 Å². The van der Waals surface area contributed by atoms with E-state index in [0.29, 0.717) is 39.4 Å². The maximum absolute atomic E-state index is 12.8. The molecular weight excluding hydrogens is 400 g/mol. The summed E-state index contributed by atoms with van der Waals surface area (Å²) in [5.41, 5.74) is 1.09. The summed E-state index contributed by atoms with van der Waals surface area (Å²) >= 11 is 6.10. The van der Waals surface area contributed by atoms with Gasteiger partial charge in [-0.15, -0.1) is 0 Å². The summed E-state index contributed by atoms with van der Waals surface area (Å²) in [4.78, 5) is 26.9. The average molecular weight is 419 g/mol. The van der Waals surface area contributed by atoms with Gasteiger partial charge in [-0.1, -0.05) is 11.6 Å². The van der Waals surface area contributed by atoms with Crippen molar-refractivity contribution >= 4 is 34.8 Å². The molecule has 0 spiro atoms. The van der Waals surface area contributed by atoms with Gasteiger partial charge < -0.3 is 29.2 Å². The average Bonchev–Trinajstić information content (AvgIpc) is 3.34. The molecule has 1 unspecified atom stereocenters. The number of anilines is 2. The van der Waals surface area contributed by atoms with Crippen LogP contribution in [-0.4, -0.2) is 39.4 Å². The second kappa shape index (κ2) is 7.71. The van der Waals surface area contributed by atoms with E-state index in [1.54, 1.807) is 35.2 Å². The number of fused-ring (bicyclic) bond motifs is 1. The Morgan fingerprint density at radius 1 is 1.14 bits per heavy atom. The molecule has 1 saturated heterocycles. The highest BCUT2D eigenvalue weighted by molar-refractivity contribution is 6.32. The number of nitrogens with zero attached hydrogens (tertiary/aromatic N) is 1. The third-order valence-electron chi connectivity index (χ3n) is 4.90. The van der Waals surface area contributed by atoms with Gasteiger partial charge in [0.1, 0.15) is 11.5 Å². The topological polar surface area (TPSA) is 86.3 Å². The Morgan fingerprint density at radius 3 is 2.66 bits per heavy atom. The fourth-order valence-electron chi connectivity index (χ4n) is 3.38. The zero-order valence-electron chi connectivity index (χ0n) is 15.9. The van der Waals surface area contributed by atoms with Gasteiger partial charge >= 0.3 is 0 Å². The van der Waals surface area contributed by atoms with Crippen molar-refractivity contribution in [1.29, 1.82) is 0 Å². The maximum Gasteiger partial charge on any atom is 0.231 e. The van der Waals surface area contributed by atoms with E-state index in [9.17, 15) is 9.59 Å². The van der Waals surface area contributed by atoms with Gasteiger partial charge in [0.25, 0.3) is 0 Å². The second-order valence-electron chi connectivity index (χ2n) is 6.62. The smallest absolute Gasteiger partial charge is 0.231 e. The molecule has 0 bridgehead atoms. The number of ether oxygens (including phenoxy) is 4. The standard InChI is InChI=1S/C20H19ClN2O6/c1-26-16-8-14(17(27-2)7-13(16)21)22-20(25)11-5-19(24)23(9-11)12-3-4-15-18(6-12)29-10-28-15/h3-4,6-8,11H,5,9-10H2,1-2H3,(H,22,25). The summed E-state index contributed by atoms with van der Waals surface area (Å²) in [6.07, 6.45) is 0.104. The zero-order chi connectivity index (χ0) is 20.5. The van der Waals surface area contributed by atoms with Crippen LogP contribution in [0.1, 0.15) is 6.42 Å². The lowest BCUT2D eigenvalue weighted by molar-refractivity contribution is -0.122. The van der Waals surface area contributed by atoms with Gasteiger partial charge in [-0.05, 0) is 12.1 Å². The highest BCUT2D eigenvalue weighted by atomic mass is 35.5. The van der Waals surface area contributed by atoms with Crippen molar-refractivity contribution in [1.82, 2.24) is 0 Å². The van der Waals surface area contributed by atoms with Crippen molar-refractivity contribution in [3.8, 4) is 23.0 Å². The van der Waals surface area contributed by atoms with Gasteiger partial charge in [-0.3, -0.25) is 9.59 Å². The lowest BCUT2D eigenvalue weighted by Gasteiger charge is -2.18. The molecule has 1 atom stereocenters. The number of nitrogens with one attached hydrogen (secondary N) is 1. The van der Waals surface area contributed by atoms with E-state index in [1.165, 1.54) is 14.2 Å². The minimum atomic E-state index is -0.515. The predicted molar refractivity (Wildman–Crippen MR) is 106 cm³/mol. The van der Waals surface area contributed by atoms with Gasteiger partial charge in [0, 0.05) is 36.9 Å². The van der Waals surface area contributed by atoms with Crippen LogP contribution in [0.4, 0.5) is 11.4 Å². The fourth-order valence-corrected chi connectivity index (χ4v) is 3.61. The quantitative estimate of drug-likeness (QED) is 0.803. The molecule has 29 heavy (non-hydrogen) atoms. The molecule has 0 aliphatic carbocycles. The summed E-state index contributed by atoms with van der Waals surface area (Å²) in [5.74, 6) is 1.10. The molecule has 0 saturated carbocycles. The van der Waals surface area contributed by atoms with Gasteiger partial charge in [-0.2, -0.15) is 0 Å². The Hall–Kier alpha value is -3.13. The first-order valence-electron chi connectivity index (χ1n) is 8.92. The minimum absolute atomic E-state index is 0.104. The normalized spacial score (nSPS) is 17.4. The summed E-state index contributed by atoms with van der Waals surface area (Å²) < 4.78 is 21.1. The molecule has 8 nitrogen and oxygen atoms in total. The Balaban J connectivity index is 1.50. The Morgan fingerprint density at radius 2 is 1.90 bits per heavy atom. The first-order valence-corrected chi connectivity index (χ1v) is 9.30. The largest absolute Gasteiger partial charge is 0.495 e. The van der Waals surface area contributed by atoms with Crippen molar-refractivity contribution < 1.29 is 28.5 Å². The SMILES string of the molecule is COc1cc(NC(=O)C2CC(=O)N(c3ccc4c(c3)OCO4)C2)c(OC)cc1Cl. The van der Waals surface area contributed by atoms with Crippen LogP contribution in [0.3, 0.4) is 0 Å². The molecule has 2 heterocycles. The first kappa shape index (κ1) is 19.2. The number of carbonyl (C=O) groups excluding carboxylic acids is 2. The molecule has 9 heteroatoms. The lowest BCUT2D eigenvalue weighted by Crippen LogP contribution is -2.28. The number of amides is 2. The van der Waals surface area contributed by atoms with Crippen LogP contribution >= 0.6 is 11.6 Å². The molecular formula is C20H19ClN2O6.